The largest absolute Gasteiger partial charge is 0.352 e. The first-order valence-corrected chi connectivity index (χ1v) is 8.57. The Bertz CT molecular complexity index is 602. The van der Waals surface area contributed by atoms with E-state index in [2.05, 4.69) is 5.32 Å². The summed E-state index contributed by atoms with van der Waals surface area (Å²) >= 11 is 0. The maximum absolute atomic E-state index is 14.0. The molecule has 1 unspecified atom stereocenters. The number of amides is 1. The molecule has 1 aromatic carbocycles. The van der Waals surface area contributed by atoms with Gasteiger partial charge >= 0.3 is 0 Å². The van der Waals surface area contributed by atoms with Crippen molar-refractivity contribution in [2.45, 2.75) is 39.3 Å². The van der Waals surface area contributed by atoms with E-state index in [1.807, 2.05) is 0 Å². The predicted octanol–water partition coefficient (Wildman–Crippen LogP) is 1.89. The summed E-state index contributed by atoms with van der Waals surface area (Å²) in [6.07, 6.45) is 1.20. The first-order valence-electron chi connectivity index (χ1n) is 6.72. The zero-order valence-corrected chi connectivity index (χ0v) is 13.4. The Balaban J connectivity index is 3.31. The Morgan fingerprint density at radius 3 is 2.33 bits per heavy atom. The molecular formula is C14H21FN2O3S. The van der Waals surface area contributed by atoms with Gasteiger partial charge < -0.3 is 5.32 Å². The van der Waals surface area contributed by atoms with Crippen LogP contribution in [0.1, 0.15) is 27.2 Å². The van der Waals surface area contributed by atoms with Gasteiger partial charge in [0.15, 0.2) is 0 Å². The van der Waals surface area contributed by atoms with Gasteiger partial charge in [-0.1, -0.05) is 19.1 Å². The van der Waals surface area contributed by atoms with Gasteiger partial charge in [0.25, 0.3) is 0 Å². The number of hydrogen-bond donors (Lipinski definition) is 1. The minimum atomic E-state index is -3.80. The van der Waals surface area contributed by atoms with Gasteiger partial charge in [-0.15, -0.1) is 0 Å². The Labute approximate surface area is 125 Å². The number of halogens is 1. The third-order valence-corrected chi connectivity index (χ3v) is 4.02. The maximum atomic E-state index is 14.0. The van der Waals surface area contributed by atoms with E-state index >= 15 is 0 Å². The van der Waals surface area contributed by atoms with Crippen LogP contribution in [0.5, 0.6) is 0 Å². The van der Waals surface area contributed by atoms with E-state index in [9.17, 15) is 17.6 Å². The highest BCUT2D eigenvalue weighted by molar-refractivity contribution is 7.92. The molecule has 21 heavy (non-hydrogen) atoms. The van der Waals surface area contributed by atoms with Gasteiger partial charge in [0.2, 0.25) is 15.9 Å². The van der Waals surface area contributed by atoms with Crippen molar-refractivity contribution >= 4 is 21.6 Å². The van der Waals surface area contributed by atoms with Crippen LogP contribution in [0.4, 0.5) is 10.1 Å². The quantitative estimate of drug-likeness (QED) is 0.871. The SMILES string of the molecule is CCC(C(=O)NC(C)C)N(c1ccccc1F)S(C)(=O)=O. The van der Waals surface area contributed by atoms with Gasteiger partial charge in [0.05, 0.1) is 11.9 Å². The molecule has 1 atom stereocenters. The summed E-state index contributed by atoms with van der Waals surface area (Å²) in [5, 5.41) is 2.67. The molecule has 0 aliphatic carbocycles. The van der Waals surface area contributed by atoms with Crippen LogP contribution in [-0.2, 0) is 14.8 Å². The lowest BCUT2D eigenvalue weighted by Crippen LogP contribution is -2.51. The van der Waals surface area contributed by atoms with Crippen LogP contribution in [0.2, 0.25) is 0 Å². The van der Waals surface area contributed by atoms with Crippen molar-refractivity contribution in [3.63, 3.8) is 0 Å². The molecular weight excluding hydrogens is 295 g/mol. The van der Waals surface area contributed by atoms with Crippen molar-refractivity contribution in [1.29, 1.82) is 0 Å². The summed E-state index contributed by atoms with van der Waals surface area (Å²) in [4.78, 5) is 12.2. The van der Waals surface area contributed by atoms with Gasteiger partial charge in [-0.25, -0.2) is 12.8 Å². The van der Waals surface area contributed by atoms with Crippen molar-refractivity contribution in [1.82, 2.24) is 5.32 Å². The number of rotatable bonds is 6. The zero-order chi connectivity index (χ0) is 16.2. The predicted molar refractivity (Wildman–Crippen MR) is 81.1 cm³/mol. The third kappa shape index (κ3) is 4.42. The van der Waals surface area contributed by atoms with E-state index in [-0.39, 0.29) is 18.2 Å². The standard InChI is InChI=1S/C14H21FN2O3S/c1-5-12(14(18)16-10(2)3)17(21(4,19)20)13-9-7-6-8-11(13)15/h6-10,12H,5H2,1-4H3,(H,16,18). The fourth-order valence-corrected chi connectivity index (χ4v) is 3.26. The Hall–Kier alpha value is -1.63. The van der Waals surface area contributed by atoms with Gasteiger partial charge in [-0.05, 0) is 32.4 Å². The second-order valence-electron chi connectivity index (χ2n) is 5.10. The summed E-state index contributed by atoms with van der Waals surface area (Å²) in [5.41, 5.74) is -0.120. The molecule has 7 heteroatoms. The molecule has 0 fully saturated rings. The molecule has 0 aromatic heterocycles. The highest BCUT2D eigenvalue weighted by Gasteiger charge is 2.33. The number of carbonyl (C=O) groups excluding carboxylic acids is 1. The van der Waals surface area contributed by atoms with Gasteiger partial charge in [0, 0.05) is 6.04 Å². The van der Waals surface area contributed by atoms with E-state index in [1.54, 1.807) is 20.8 Å². The monoisotopic (exact) mass is 316 g/mol. The molecule has 0 spiro atoms. The summed E-state index contributed by atoms with van der Waals surface area (Å²) < 4.78 is 38.9. The van der Waals surface area contributed by atoms with Crippen LogP contribution >= 0.6 is 0 Å². The van der Waals surface area contributed by atoms with E-state index < -0.39 is 27.8 Å². The lowest BCUT2D eigenvalue weighted by molar-refractivity contribution is -0.122. The van der Waals surface area contributed by atoms with Crippen molar-refractivity contribution < 1.29 is 17.6 Å². The normalized spacial score (nSPS) is 13.0. The van der Waals surface area contributed by atoms with Crippen LogP contribution in [0.15, 0.2) is 24.3 Å². The molecule has 1 N–H and O–H groups in total. The number of nitrogens with zero attached hydrogens (tertiary/aromatic N) is 1. The maximum Gasteiger partial charge on any atom is 0.244 e. The second kappa shape index (κ2) is 6.89. The molecule has 1 amide bonds. The third-order valence-electron chi connectivity index (χ3n) is 2.85. The Morgan fingerprint density at radius 1 is 1.33 bits per heavy atom. The van der Waals surface area contributed by atoms with Crippen molar-refractivity contribution in [3.05, 3.63) is 30.1 Å². The summed E-state index contributed by atoms with van der Waals surface area (Å²) in [5.74, 6) is -1.13. The first-order chi connectivity index (χ1) is 9.68. The average molecular weight is 316 g/mol. The summed E-state index contributed by atoms with van der Waals surface area (Å²) in [7, 11) is -3.80. The highest BCUT2D eigenvalue weighted by atomic mass is 32.2. The number of anilines is 1. The lowest BCUT2D eigenvalue weighted by Gasteiger charge is -2.30. The van der Waals surface area contributed by atoms with Crippen LogP contribution in [0, 0.1) is 5.82 Å². The molecule has 5 nitrogen and oxygen atoms in total. The molecule has 118 valence electrons. The molecule has 0 saturated heterocycles. The van der Waals surface area contributed by atoms with Crippen LogP contribution in [0.3, 0.4) is 0 Å². The fourth-order valence-electron chi connectivity index (χ4n) is 2.05. The van der Waals surface area contributed by atoms with Crippen LogP contribution < -0.4 is 9.62 Å². The number of sulfonamides is 1. The average Bonchev–Trinajstić information content (AvgIpc) is 2.34. The highest BCUT2D eigenvalue weighted by Crippen LogP contribution is 2.25. The van der Waals surface area contributed by atoms with E-state index in [1.165, 1.54) is 24.3 Å². The minimum Gasteiger partial charge on any atom is -0.352 e. The lowest BCUT2D eigenvalue weighted by atomic mass is 10.1. The van der Waals surface area contributed by atoms with E-state index in [0.717, 1.165) is 10.6 Å². The molecule has 0 aliphatic heterocycles. The van der Waals surface area contributed by atoms with Crippen LogP contribution in [0.25, 0.3) is 0 Å². The van der Waals surface area contributed by atoms with Gasteiger partial charge in [-0.2, -0.15) is 0 Å². The number of carbonyl (C=O) groups is 1. The van der Waals surface area contributed by atoms with E-state index in [0.29, 0.717) is 0 Å². The van der Waals surface area contributed by atoms with E-state index in [4.69, 9.17) is 0 Å². The van der Waals surface area contributed by atoms with Gasteiger partial charge in [0.1, 0.15) is 11.9 Å². The smallest absolute Gasteiger partial charge is 0.244 e. The fraction of sp³-hybridized carbons (Fsp3) is 0.500. The number of hydrogen-bond acceptors (Lipinski definition) is 3. The van der Waals surface area contributed by atoms with Crippen molar-refractivity contribution in [2.75, 3.05) is 10.6 Å². The van der Waals surface area contributed by atoms with Crippen LogP contribution in [-0.4, -0.2) is 32.7 Å². The molecule has 0 aliphatic rings. The zero-order valence-electron chi connectivity index (χ0n) is 12.6. The topological polar surface area (TPSA) is 66.5 Å². The second-order valence-corrected chi connectivity index (χ2v) is 6.96. The summed E-state index contributed by atoms with van der Waals surface area (Å²) in [6, 6.07) is 4.40. The van der Waals surface area contributed by atoms with Gasteiger partial charge in [-0.3, -0.25) is 9.10 Å². The molecule has 0 saturated carbocycles. The molecule has 1 aromatic rings. The van der Waals surface area contributed by atoms with Crippen molar-refractivity contribution in [2.24, 2.45) is 0 Å². The molecule has 1 rings (SSSR count). The number of benzene rings is 1. The molecule has 0 heterocycles. The number of para-hydroxylation sites is 1. The number of nitrogens with one attached hydrogen (secondary N) is 1. The molecule has 0 bridgehead atoms. The van der Waals surface area contributed by atoms with Crippen molar-refractivity contribution in [3.8, 4) is 0 Å². The minimum absolute atomic E-state index is 0.120. The Morgan fingerprint density at radius 2 is 1.90 bits per heavy atom. The molecule has 0 radical (unpaired) electrons. The summed E-state index contributed by atoms with van der Waals surface area (Å²) in [6.45, 7) is 5.24. The Kier molecular flexibility index (Phi) is 5.71. The first kappa shape index (κ1) is 17.4.